The van der Waals surface area contributed by atoms with Gasteiger partial charge in [0.05, 0.1) is 0 Å². The van der Waals surface area contributed by atoms with Gasteiger partial charge >= 0.3 is 0 Å². The van der Waals surface area contributed by atoms with Crippen LogP contribution in [0.2, 0.25) is 0 Å². The molecule has 1 rings (SSSR count). The second-order valence-electron chi connectivity index (χ2n) is 3.60. The van der Waals surface area contributed by atoms with E-state index in [4.69, 9.17) is 0 Å². The average molecular weight is 241 g/mol. The van der Waals surface area contributed by atoms with E-state index in [1.165, 1.54) is 23.0 Å². The van der Waals surface area contributed by atoms with Crippen molar-refractivity contribution in [1.29, 1.82) is 0 Å². The molecule has 0 unspecified atom stereocenters. The summed E-state index contributed by atoms with van der Waals surface area (Å²) in [4.78, 5) is 4.31. The maximum Gasteiger partial charge on any atom is 0.0411 e. The molecule has 0 atom stereocenters. The topological polar surface area (TPSA) is 12.9 Å². The van der Waals surface area contributed by atoms with Crippen molar-refractivity contribution in [3.8, 4) is 0 Å². The quantitative estimate of drug-likeness (QED) is 0.678. The molecule has 1 heterocycles. The molecule has 0 amide bonds. The van der Waals surface area contributed by atoms with Crippen molar-refractivity contribution in [2.75, 3.05) is 17.3 Å². The Morgan fingerprint density at radius 3 is 2.73 bits per heavy atom. The second kappa shape index (κ2) is 8.05. The largest absolute Gasteiger partial charge is 0.261 e. The Morgan fingerprint density at radius 2 is 2.07 bits per heavy atom. The van der Waals surface area contributed by atoms with Crippen LogP contribution in [0.1, 0.15) is 19.5 Å². The van der Waals surface area contributed by atoms with Gasteiger partial charge in [-0.2, -0.15) is 23.5 Å². The summed E-state index contributed by atoms with van der Waals surface area (Å²) in [5.74, 6) is 3.72. The molecule has 0 bridgehead atoms. The highest BCUT2D eigenvalue weighted by atomic mass is 32.2. The summed E-state index contributed by atoms with van der Waals surface area (Å²) in [6, 6.07) is 6.13. The van der Waals surface area contributed by atoms with Crippen LogP contribution in [-0.2, 0) is 6.42 Å². The van der Waals surface area contributed by atoms with E-state index in [9.17, 15) is 0 Å². The Labute approximate surface area is 101 Å². The molecule has 0 saturated heterocycles. The van der Waals surface area contributed by atoms with Crippen LogP contribution in [0.15, 0.2) is 24.4 Å². The van der Waals surface area contributed by atoms with Crippen molar-refractivity contribution < 1.29 is 0 Å². The van der Waals surface area contributed by atoms with Gasteiger partial charge < -0.3 is 0 Å². The number of pyridine rings is 1. The van der Waals surface area contributed by atoms with E-state index < -0.39 is 0 Å². The maximum atomic E-state index is 4.31. The molecule has 0 N–H and O–H groups in total. The fraction of sp³-hybridized carbons (Fsp3) is 0.583. The fourth-order valence-electron chi connectivity index (χ4n) is 1.17. The minimum atomic E-state index is 0.765. The molecule has 1 aromatic heterocycles. The third-order valence-electron chi connectivity index (χ3n) is 1.91. The molecule has 1 nitrogen and oxygen atoms in total. The van der Waals surface area contributed by atoms with Gasteiger partial charge in [-0.05, 0) is 29.6 Å². The van der Waals surface area contributed by atoms with Crippen molar-refractivity contribution >= 4 is 23.5 Å². The molecule has 15 heavy (non-hydrogen) atoms. The van der Waals surface area contributed by atoms with Gasteiger partial charge in [0.25, 0.3) is 0 Å². The fourth-order valence-corrected chi connectivity index (χ4v) is 3.05. The molecule has 0 spiro atoms. The first-order valence-corrected chi connectivity index (χ1v) is 7.58. The normalized spacial score (nSPS) is 10.9. The Balaban J connectivity index is 1.98. The molecular formula is C12H19NS2. The summed E-state index contributed by atoms with van der Waals surface area (Å²) in [6.07, 6.45) is 2.96. The predicted molar refractivity (Wildman–Crippen MR) is 72.9 cm³/mol. The Hall–Kier alpha value is -0.150. The molecule has 0 aliphatic carbocycles. The first-order chi connectivity index (χ1) is 7.29. The molecule has 3 heteroatoms. The lowest BCUT2D eigenvalue weighted by Gasteiger charge is -2.04. The zero-order valence-electron chi connectivity index (χ0n) is 9.48. The summed E-state index contributed by atoms with van der Waals surface area (Å²) in [5.41, 5.74) is 1.21. The highest BCUT2D eigenvalue weighted by Gasteiger charge is 1.96. The van der Waals surface area contributed by atoms with Crippen molar-refractivity contribution in [1.82, 2.24) is 4.98 Å². The van der Waals surface area contributed by atoms with Crippen LogP contribution in [0, 0.1) is 0 Å². The second-order valence-corrected chi connectivity index (χ2v) is 6.51. The van der Waals surface area contributed by atoms with Crippen LogP contribution in [0.5, 0.6) is 0 Å². The molecular weight excluding hydrogens is 222 g/mol. The number of rotatable bonds is 7. The zero-order chi connectivity index (χ0) is 10.9. The van der Waals surface area contributed by atoms with Crippen LogP contribution >= 0.6 is 23.5 Å². The number of aryl methyl sites for hydroxylation is 1. The molecule has 0 aromatic carbocycles. The van der Waals surface area contributed by atoms with E-state index in [0.29, 0.717) is 0 Å². The number of hydrogen-bond donors (Lipinski definition) is 0. The van der Waals surface area contributed by atoms with Gasteiger partial charge in [0.1, 0.15) is 0 Å². The summed E-state index contributed by atoms with van der Waals surface area (Å²) in [5, 5.41) is 0.765. The van der Waals surface area contributed by atoms with Gasteiger partial charge in [-0.1, -0.05) is 19.9 Å². The maximum absolute atomic E-state index is 4.31. The van der Waals surface area contributed by atoms with Crippen molar-refractivity contribution in [2.45, 2.75) is 25.5 Å². The monoisotopic (exact) mass is 241 g/mol. The summed E-state index contributed by atoms with van der Waals surface area (Å²) in [6.45, 7) is 4.51. The van der Waals surface area contributed by atoms with Crippen LogP contribution in [0.4, 0.5) is 0 Å². The summed E-state index contributed by atoms with van der Waals surface area (Å²) < 4.78 is 0. The van der Waals surface area contributed by atoms with Crippen LogP contribution < -0.4 is 0 Å². The predicted octanol–water partition coefficient (Wildman–Crippen LogP) is 3.50. The first kappa shape index (κ1) is 12.9. The number of aromatic nitrogens is 1. The minimum Gasteiger partial charge on any atom is -0.261 e. The van der Waals surface area contributed by atoms with Crippen LogP contribution in [-0.4, -0.2) is 27.5 Å². The van der Waals surface area contributed by atoms with E-state index >= 15 is 0 Å². The lowest BCUT2D eigenvalue weighted by Crippen LogP contribution is -1.95. The Morgan fingerprint density at radius 1 is 1.20 bits per heavy atom. The minimum absolute atomic E-state index is 0.765. The molecule has 84 valence electrons. The van der Waals surface area contributed by atoms with E-state index in [-0.39, 0.29) is 0 Å². The summed E-state index contributed by atoms with van der Waals surface area (Å²) >= 11 is 4.07. The number of nitrogens with zero attached hydrogens (tertiary/aromatic N) is 1. The smallest absolute Gasteiger partial charge is 0.0411 e. The molecule has 0 saturated carbocycles. The van der Waals surface area contributed by atoms with Gasteiger partial charge in [-0.3, -0.25) is 4.98 Å². The Bertz CT molecular complexity index is 249. The van der Waals surface area contributed by atoms with Crippen molar-refractivity contribution in [3.63, 3.8) is 0 Å². The lowest BCUT2D eigenvalue weighted by molar-refractivity contribution is 1.05. The third kappa shape index (κ3) is 6.85. The van der Waals surface area contributed by atoms with E-state index in [1.807, 2.05) is 35.8 Å². The van der Waals surface area contributed by atoms with Gasteiger partial charge in [0.2, 0.25) is 0 Å². The highest BCUT2D eigenvalue weighted by Crippen LogP contribution is 2.12. The van der Waals surface area contributed by atoms with Crippen LogP contribution in [0.3, 0.4) is 0 Å². The molecule has 0 fully saturated rings. The molecule has 0 aliphatic rings. The number of thioether (sulfide) groups is 2. The van der Waals surface area contributed by atoms with Crippen molar-refractivity contribution in [3.05, 3.63) is 30.1 Å². The van der Waals surface area contributed by atoms with E-state index in [1.54, 1.807) is 0 Å². The van der Waals surface area contributed by atoms with Gasteiger partial charge in [0.15, 0.2) is 0 Å². The third-order valence-corrected chi connectivity index (χ3v) is 4.26. The molecule has 0 radical (unpaired) electrons. The first-order valence-electron chi connectivity index (χ1n) is 5.38. The van der Waals surface area contributed by atoms with E-state index in [0.717, 1.165) is 11.7 Å². The molecule has 0 aliphatic heterocycles. The summed E-state index contributed by atoms with van der Waals surface area (Å²) in [7, 11) is 0. The standard InChI is InChI=1S/C12H19NS2/c1-11(2)15-10-9-14-8-6-12-5-3-4-7-13-12/h3-5,7,11H,6,8-10H2,1-2H3. The Kier molecular flexibility index (Phi) is 6.94. The van der Waals surface area contributed by atoms with Gasteiger partial charge in [0, 0.05) is 23.4 Å². The average Bonchev–Trinajstić information content (AvgIpc) is 2.24. The lowest BCUT2D eigenvalue weighted by atomic mass is 10.3. The SMILES string of the molecule is CC(C)SCCSCCc1ccccn1. The van der Waals surface area contributed by atoms with Gasteiger partial charge in [-0.15, -0.1) is 0 Å². The molecule has 1 aromatic rings. The van der Waals surface area contributed by atoms with Crippen LogP contribution in [0.25, 0.3) is 0 Å². The highest BCUT2D eigenvalue weighted by molar-refractivity contribution is 8.03. The number of hydrogen-bond acceptors (Lipinski definition) is 3. The van der Waals surface area contributed by atoms with Gasteiger partial charge in [-0.25, -0.2) is 0 Å². The zero-order valence-corrected chi connectivity index (χ0v) is 11.1. The van der Waals surface area contributed by atoms with Crippen molar-refractivity contribution in [2.24, 2.45) is 0 Å². The van der Waals surface area contributed by atoms with E-state index in [2.05, 4.69) is 31.0 Å².